The largest absolute Gasteiger partial charge is 0.507 e. The van der Waals surface area contributed by atoms with Crippen LogP contribution in [0.5, 0.6) is 11.5 Å². The molecule has 5 heteroatoms. The molecule has 0 radical (unpaired) electrons. The number of carboxylic acid groups (broad SMARTS) is 1. The fraction of sp³-hybridized carbons (Fsp3) is 0. The van der Waals surface area contributed by atoms with Gasteiger partial charge in [0.1, 0.15) is 17.1 Å². The maximum Gasteiger partial charge on any atom is 0.339 e. The molecule has 0 aliphatic carbocycles. The third-order valence-electron chi connectivity index (χ3n) is 2.64. The molecule has 0 unspecified atom stereocenters. The highest BCUT2D eigenvalue weighted by molar-refractivity contribution is 6.11. The van der Waals surface area contributed by atoms with Crippen molar-refractivity contribution in [2.45, 2.75) is 0 Å². The number of aromatic hydroxyl groups is 2. The van der Waals surface area contributed by atoms with E-state index in [1.165, 1.54) is 18.2 Å². The Balaban J connectivity index is 2.43. The first-order valence-corrected chi connectivity index (χ1v) is 5.39. The molecule has 0 aliphatic rings. The second kappa shape index (κ2) is 4.81. The van der Waals surface area contributed by atoms with Gasteiger partial charge in [-0.15, -0.1) is 0 Å². The third-order valence-corrected chi connectivity index (χ3v) is 2.64. The minimum Gasteiger partial charge on any atom is -0.507 e. The molecule has 2 aromatic carbocycles. The maximum absolute atomic E-state index is 12.1. The van der Waals surface area contributed by atoms with Crippen LogP contribution in [0.1, 0.15) is 26.3 Å². The summed E-state index contributed by atoms with van der Waals surface area (Å²) >= 11 is 0. The number of hydrogen-bond donors (Lipinski definition) is 3. The van der Waals surface area contributed by atoms with E-state index in [1.807, 2.05) is 0 Å². The third kappa shape index (κ3) is 2.40. The van der Waals surface area contributed by atoms with Gasteiger partial charge in [-0.25, -0.2) is 4.79 Å². The van der Waals surface area contributed by atoms with Crippen molar-refractivity contribution in [1.29, 1.82) is 0 Å². The zero-order valence-corrected chi connectivity index (χ0v) is 9.70. The number of benzene rings is 2. The van der Waals surface area contributed by atoms with Crippen molar-refractivity contribution in [3.8, 4) is 11.5 Å². The molecule has 0 spiro atoms. The Bertz CT molecular complexity index is 661. The molecule has 0 amide bonds. The molecule has 0 aliphatic heterocycles. The van der Waals surface area contributed by atoms with Gasteiger partial charge in [-0.3, -0.25) is 4.79 Å². The summed E-state index contributed by atoms with van der Waals surface area (Å²) in [5.41, 5.74) is -0.0946. The van der Waals surface area contributed by atoms with Crippen molar-refractivity contribution >= 4 is 11.8 Å². The van der Waals surface area contributed by atoms with Crippen LogP contribution in [0, 0.1) is 0 Å². The summed E-state index contributed by atoms with van der Waals surface area (Å²) in [5.74, 6) is -2.44. The van der Waals surface area contributed by atoms with Gasteiger partial charge in [0.05, 0.1) is 5.56 Å². The van der Waals surface area contributed by atoms with Crippen LogP contribution in [0.25, 0.3) is 0 Å². The van der Waals surface area contributed by atoms with E-state index >= 15 is 0 Å². The van der Waals surface area contributed by atoms with Gasteiger partial charge in [-0.05, 0) is 30.3 Å². The molecule has 0 bridgehead atoms. The van der Waals surface area contributed by atoms with Crippen molar-refractivity contribution in [2.75, 3.05) is 0 Å². The van der Waals surface area contributed by atoms with Gasteiger partial charge in [0.2, 0.25) is 0 Å². The number of hydrogen-bond acceptors (Lipinski definition) is 4. The molecule has 2 rings (SSSR count). The minimum atomic E-state index is -1.28. The lowest BCUT2D eigenvalue weighted by Crippen LogP contribution is -2.03. The summed E-state index contributed by atoms with van der Waals surface area (Å²) in [7, 11) is 0. The van der Waals surface area contributed by atoms with Gasteiger partial charge < -0.3 is 15.3 Å². The summed E-state index contributed by atoms with van der Waals surface area (Å²) in [4.78, 5) is 22.8. The highest BCUT2D eigenvalue weighted by Crippen LogP contribution is 2.24. The number of carbonyl (C=O) groups excluding carboxylic acids is 1. The smallest absolute Gasteiger partial charge is 0.339 e. The average molecular weight is 258 g/mol. The molecule has 0 saturated carbocycles. The van der Waals surface area contributed by atoms with E-state index < -0.39 is 17.5 Å². The van der Waals surface area contributed by atoms with E-state index in [-0.39, 0.29) is 22.4 Å². The fourth-order valence-corrected chi connectivity index (χ4v) is 1.67. The number of carboxylic acids is 1. The van der Waals surface area contributed by atoms with Crippen LogP contribution >= 0.6 is 0 Å². The van der Waals surface area contributed by atoms with E-state index in [2.05, 4.69) is 0 Å². The van der Waals surface area contributed by atoms with Crippen LogP contribution in [-0.2, 0) is 0 Å². The van der Waals surface area contributed by atoms with Crippen LogP contribution in [-0.4, -0.2) is 27.1 Å². The molecule has 0 heterocycles. The van der Waals surface area contributed by atoms with Gasteiger partial charge in [0.25, 0.3) is 0 Å². The highest BCUT2D eigenvalue weighted by atomic mass is 16.4. The van der Waals surface area contributed by atoms with Crippen molar-refractivity contribution < 1.29 is 24.9 Å². The number of phenols is 2. The van der Waals surface area contributed by atoms with E-state index in [1.54, 1.807) is 12.1 Å². The number of aromatic carboxylic acids is 1. The standard InChI is InChI=1S/C14H10O5/c15-11-4-2-1-3-9(11)13(17)8-5-6-10(14(18)19)12(16)7-8/h1-7,15-16H,(H,18,19). The van der Waals surface area contributed by atoms with Crippen LogP contribution in [0.15, 0.2) is 42.5 Å². The second-order valence-electron chi connectivity index (χ2n) is 3.88. The van der Waals surface area contributed by atoms with Gasteiger partial charge in [0, 0.05) is 5.56 Å². The molecule has 0 aromatic heterocycles. The summed E-state index contributed by atoms with van der Waals surface area (Å²) < 4.78 is 0. The van der Waals surface area contributed by atoms with Crippen LogP contribution in [0.3, 0.4) is 0 Å². The molecular weight excluding hydrogens is 248 g/mol. The highest BCUT2D eigenvalue weighted by Gasteiger charge is 2.16. The van der Waals surface area contributed by atoms with Crippen molar-refractivity contribution in [3.63, 3.8) is 0 Å². The molecule has 5 nitrogen and oxygen atoms in total. The number of phenolic OH excluding ortho intramolecular Hbond substituents is 1. The first-order chi connectivity index (χ1) is 9.00. The van der Waals surface area contributed by atoms with Gasteiger partial charge in [0.15, 0.2) is 5.78 Å². The molecule has 0 fully saturated rings. The predicted molar refractivity (Wildman–Crippen MR) is 66.6 cm³/mol. The Morgan fingerprint density at radius 2 is 1.53 bits per heavy atom. The first-order valence-electron chi connectivity index (χ1n) is 5.39. The Morgan fingerprint density at radius 3 is 2.11 bits per heavy atom. The number of rotatable bonds is 3. The molecule has 96 valence electrons. The van der Waals surface area contributed by atoms with E-state index in [0.29, 0.717) is 0 Å². The molecule has 3 N–H and O–H groups in total. The summed E-state index contributed by atoms with van der Waals surface area (Å²) in [6.45, 7) is 0. The maximum atomic E-state index is 12.1. The van der Waals surface area contributed by atoms with Gasteiger partial charge in [-0.1, -0.05) is 12.1 Å². The van der Waals surface area contributed by atoms with Crippen LogP contribution in [0.4, 0.5) is 0 Å². The SMILES string of the molecule is O=C(O)c1ccc(C(=O)c2ccccc2O)cc1O. The summed E-state index contributed by atoms with van der Waals surface area (Å²) in [6.07, 6.45) is 0. The fourth-order valence-electron chi connectivity index (χ4n) is 1.67. The first kappa shape index (κ1) is 12.6. The normalized spacial score (nSPS) is 10.1. The van der Waals surface area contributed by atoms with E-state index in [4.69, 9.17) is 5.11 Å². The lowest BCUT2D eigenvalue weighted by atomic mass is 10.0. The molecular formula is C14H10O5. The second-order valence-corrected chi connectivity index (χ2v) is 3.88. The zero-order valence-electron chi connectivity index (χ0n) is 9.70. The number of para-hydroxylation sites is 1. The van der Waals surface area contributed by atoms with Crippen LogP contribution in [0.2, 0.25) is 0 Å². The number of carbonyl (C=O) groups is 2. The quantitative estimate of drug-likeness (QED) is 0.732. The van der Waals surface area contributed by atoms with Gasteiger partial charge >= 0.3 is 5.97 Å². The Hall–Kier alpha value is -2.82. The predicted octanol–water partition coefficient (Wildman–Crippen LogP) is 2.03. The van der Waals surface area contributed by atoms with Crippen molar-refractivity contribution in [3.05, 3.63) is 59.2 Å². The Kier molecular flexibility index (Phi) is 3.20. The lowest BCUT2D eigenvalue weighted by Gasteiger charge is -2.05. The van der Waals surface area contributed by atoms with Gasteiger partial charge in [-0.2, -0.15) is 0 Å². The Morgan fingerprint density at radius 1 is 0.842 bits per heavy atom. The molecule has 2 aromatic rings. The Labute approximate surface area is 108 Å². The minimum absolute atomic E-state index is 0.0879. The molecule has 19 heavy (non-hydrogen) atoms. The van der Waals surface area contributed by atoms with Crippen molar-refractivity contribution in [2.24, 2.45) is 0 Å². The lowest BCUT2D eigenvalue weighted by molar-refractivity contribution is 0.0693. The van der Waals surface area contributed by atoms with Crippen molar-refractivity contribution in [1.82, 2.24) is 0 Å². The van der Waals surface area contributed by atoms with E-state index in [9.17, 15) is 19.8 Å². The summed E-state index contributed by atoms with van der Waals surface area (Å²) in [6, 6.07) is 9.50. The monoisotopic (exact) mass is 258 g/mol. The zero-order chi connectivity index (χ0) is 14.0. The molecule has 0 atom stereocenters. The topological polar surface area (TPSA) is 94.8 Å². The number of ketones is 1. The average Bonchev–Trinajstić information content (AvgIpc) is 2.38. The van der Waals surface area contributed by atoms with E-state index in [0.717, 1.165) is 12.1 Å². The van der Waals surface area contributed by atoms with Crippen LogP contribution < -0.4 is 0 Å². The molecule has 0 saturated heterocycles. The summed E-state index contributed by atoms with van der Waals surface area (Å²) in [5, 5.41) is 27.9.